The largest absolute Gasteiger partial charge is 0.416 e. The summed E-state index contributed by atoms with van der Waals surface area (Å²) in [5.41, 5.74) is 3.90. The monoisotopic (exact) mass is 1050 g/mol. The summed E-state index contributed by atoms with van der Waals surface area (Å²) >= 11 is 0. The smallest absolute Gasteiger partial charge is 0.166 e. The number of benzene rings is 2. The summed E-state index contributed by atoms with van der Waals surface area (Å²) < 4.78 is 88.6. The lowest BCUT2D eigenvalue weighted by Crippen LogP contribution is -3.07. The van der Waals surface area contributed by atoms with Crippen LogP contribution in [0.3, 0.4) is 0 Å². The molecule has 0 saturated carbocycles. The molecule has 0 bridgehead atoms. The average Bonchev–Trinajstić information content (AvgIpc) is 3.29. The molecule has 13 heteroatoms. The number of alkyl halides is 6. The molecule has 2 aliphatic rings. The van der Waals surface area contributed by atoms with Crippen LogP contribution < -0.4 is 0 Å². The van der Waals surface area contributed by atoms with Gasteiger partial charge in [0, 0.05) is 6.63 Å². The first kappa shape index (κ1) is 58.8. The quantitative estimate of drug-likeness (QED) is 0.200. The Morgan fingerprint density at radius 2 is 0.657 bits per heavy atom. The molecule has 0 amide bonds. The zero-order valence-electron chi connectivity index (χ0n) is 47.7. The molecule has 1 fully saturated rings. The summed E-state index contributed by atoms with van der Waals surface area (Å²) in [6, 6.07) is 14.3. The molecule has 0 aliphatic carbocycles. The molecule has 1 unspecified atom stereocenters. The third-order valence-electron chi connectivity index (χ3n) is 21.5. The van der Waals surface area contributed by atoms with Crippen molar-refractivity contribution in [3.8, 4) is 0 Å². The fourth-order valence-electron chi connectivity index (χ4n) is 17.6. The van der Waals surface area contributed by atoms with Crippen LogP contribution in [0.1, 0.15) is 194 Å². The van der Waals surface area contributed by atoms with E-state index in [-0.39, 0.29) is 45.8 Å². The fourth-order valence-corrected chi connectivity index (χ4v) is 314. The van der Waals surface area contributed by atoms with E-state index in [2.05, 4.69) is 198 Å². The van der Waals surface area contributed by atoms with E-state index in [4.69, 9.17) is 0 Å². The Bertz CT molecular complexity index is 2090. The molecule has 2 aliphatic heterocycles. The molecule has 0 aromatic heterocycles. The minimum atomic E-state index is -4.47. The summed E-state index contributed by atoms with van der Waals surface area (Å²) in [6.45, 7) is 66.7. The minimum Gasteiger partial charge on any atom is -0.166 e. The van der Waals surface area contributed by atoms with Gasteiger partial charge in [0.05, 0.1) is 55.2 Å². The average molecular weight is 1060 g/mol. The number of rotatable bonds is 6. The van der Waals surface area contributed by atoms with Gasteiger partial charge in [-0.1, -0.05) is 234 Å². The van der Waals surface area contributed by atoms with Crippen LogP contribution in [0.5, 0.6) is 0 Å². The fraction of sp³-hybridized carbons (Fsp3) is 0.741. The second kappa shape index (κ2) is 16.1. The topological polar surface area (TPSA) is 0 Å². The highest BCUT2D eigenvalue weighted by molar-refractivity contribution is 8.21. The zero-order valence-corrected chi connectivity index (χ0v) is 54.7. The predicted molar refractivity (Wildman–Crippen MR) is 300 cm³/mol. The molecule has 0 spiro atoms. The predicted octanol–water partition coefficient (Wildman–Crippen LogP) is 20.1. The Labute approximate surface area is 413 Å². The maximum Gasteiger partial charge on any atom is 0.416 e. The zero-order chi connectivity index (χ0) is 53.0. The molecule has 1 saturated heterocycles. The van der Waals surface area contributed by atoms with Crippen molar-refractivity contribution in [2.45, 2.75) is 257 Å². The summed E-state index contributed by atoms with van der Waals surface area (Å²) in [4.78, 5) is 0. The van der Waals surface area contributed by atoms with Gasteiger partial charge in [0.2, 0.25) is 0 Å². The number of hydrogen-bond acceptors (Lipinski definition) is 0. The van der Waals surface area contributed by atoms with Crippen LogP contribution in [0, 0.1) is 0 Å². The van der Waals surface area contributed by atoms with Crippen molar-refractivity contribution in [3.05, 3.63) is 76.5 Å². The Kier molecular flexibility index (Phi) is 14.2. The van der Waals surface area contributed by atoms with Crippen LogP contribution in [0.4, 0.5) is 26.3 Å². The van der Waals surface area contributed by atoms with Crippen molar-refractivity contribution in [2.24, 2.45) is 0 Å². The van der Waals surface area contributed by atoms with E-state index in [9.17, 15) is 26.3 Å². The third kappa shape index (κ3) is 7.45. The lowest BCUT2D eigenvalue weighted by molar-refractivity contribution is -0.138. The maximum atomic E-state index is 14.8. The molecular formula is C54H96F6Si7. The van der Waals surface area contributed by atoms with Crippen LogP contribution >= 0.6 is 0 Å². The minimum absolute atomic E-state index is 0.0889. The molecule has 67 heavy (non-hydrogen) atoms. The maximum absolute atomic E-state index is 14.8. The molecule has 382 valence electrons. The van der Waals surface area contributed by atoms with Crippen LogP contribution in [-0.4, -0.2) is 50.7 Å². The SMILES string of the molecule is CC(C)(C)[Si](C)(C(C)(C)C)[Si]1([Si](C)(C(C)(C)C)C(C)(C)C)CC(c2ccc(C(F)(F)F)cc2)[Si@]2([Si](C)(C(C)(C)C)C(C)(C)C)C=C(c3ccc(C(F)(F)F)cc3)[Si@]12[Si](C)(C(C)(C)C)C(C)(C)C. The molecule has 3 atom stereocenters. The van der Waals surface area contributed by atoms with Gasteiger partial charge in [-0.3, -0.25) is 0 Å². The second-order valence-electron chi connectivity index (χ2n) is 30.5. The Morgan fingerprint density at radius 3 is 0.910 bits per heavy atom. The third-order valence-corrected chi connectivity index (χ3v) is 183. The Hall–Kier alpha value is -0.722. The van der Waals surface area contributed by atoms with E-state index in [1.807, 2.05) is 24.3 Å². The van der Waals surface area contributed by atoms with Gasteiger partial charge in [0.15, 0.2) is 0 Å². The molecular weight excluding hydrogens is 959 g/mol. The molecule has 2 aromatic rings. The first-order valence-corrected chi connectivity index (χ1v) is 47.6. The Morgan fingerprint density at radius 1 is 0.388 bits per heavy atom. The van der Waals surface area contributed by atoms with Gasteiger partial charge in [0.1, 0.15) is 0 Å². The first-order chi connectivity index (χ1) is 29.1. The number of fused-ring (bicyclic) bond motifs is 1. The molecule has 4 rings (SSSR count). The molecule has 0 radical (unpaired) electrons. The lowest BCUT2D eigenvalue weighted by atomic mass is 10.1. The van der Waals surface area contributed by atoms with E-state index in [0.717, 1.165) is 17.2 Å². The van der Waals surface area contributed by atoms with Crippen LogP contribution in [0.2, 0.25) is 72.5 Å². The van der Waals surface area contributed by atoms with E-state index in [1.165, 1.54) is 29.5 Å². The Balaban J connectivity index is 2.87. The van der Waals surface area contributed by atoms with Gasteiger partial charge in [-0.15, -0.1) is 0 Å². The van der Waals surface area contributed by atoms with Gasteiger partial charge >= 0.3 is 12.4 Å². The van der Waals surface area contributed by atoms with Crippen molar-refractivity contribution in [1.82, 2.24) is 0 Å². The highest BCUT2D eigenvalue weighted by Gasteiger charge is 2.98. The van der Waals surface area contributed by atoms with Crippen molar-refractivity contribution < 1.29 is 26.3 Å². The first-order valence-electron chi connectivity index (χ1n) is 25.2. The van der Waals surface area contributed by atoms with Crippen molar-refractivity contribution in [3.63, 3.8) is 0 Å². The molecule has 0 N–H and O–H groups in total. The van der Waals surface area contributed by atoms with Gasteiger partial charge in [-0.25, -0.2) is 0 Å². The second-order valence-corrected chi connectivity index (χ2v) is 100. The number of hydrogen-bond donors (Lipinski definition) is 0. The van der Waals surface area contributed by atoms with Gasteiger partial charge < -0.3 is 0 Å². The molecule has 2 aromatic carbocycles. The highest BCUT2D eigenvalue weighted by Crippen LogP contribution is 2.83. The van der Waals surface area contributed by atoms with Crippen molar-refractivity contribution in [2.75, 3.05) is 0 Å². The molecule has 0 nitrogen and oxygen atoms in total. The van der Waals surface area contributed by atoms with Crippen LogP contribution in [0.25, 0.3) is 5.20 Å². The van der Waals surface area contributed by atoms with Gasteiger partial charge in [-0.2, -0.15) is 26.3 Å². The number of halogens is 6. The van der Waals surface area contributed by atoms with E-state index < -0.39 is 74.2 Å². The summed E-state index contributed by atoms with van der Waals surface area (Å²) in [5, 5.41) is 0.594. The van der Waals surface area contributed by atoms with Crippen LogP contribution in [-0.2, 0) is 12.4 Å². The van der Waals surface area contributed by atoms with Crippen LogP contribution in [0.15, 0.2) is 54.2 Å². The van der Waals surface area contributed by atoms with E-state index >= 15 is 0 Å². The summed E-state index contributed by atoms with van der Waals surface area (Å²) in [6.07, 6.45) is -8.94. The van der Waals surface area contributed by atoms with Gasteiger partial charge in [0.25, 0.3) is 0 Å². The molecule has 2 heterocycles. The summed E-state index contributed by atoms with van der Waals surface area (Å²) in [5.74, 6) is 0. The van der Waals surface area contributed by atoms with Gasteiger partial charge in [-0.05, 0) is 81.2 Å². The lowest BCUT2D eigenvalue weighted by Gasteiger charge is -2.84. The van der Waals surface area contributed by atoms with E-state index in [0.29, 0.717) is 0 Å². The van der Waals surface area contributed by atoms with Crippen molar-refractivity contribution in [1.29, 1.82) is 0 Å². The summed E-state index contributed by atoms with van der Waals surface area (Å²) in [7, 11) is -14.6. The highest BCUT2D eigenvalue weighted by atomic mass is 30.2. The normalized spacial score (nSPS) is 23.5. The van der Waals surface area contributed by atoms with E-state index in [1.54, 1.807) is 0 Å². The standard InChI is InChI=1S/C54H96F6Si7/c1-45(2,3)61(25,46(4,5)6)65-37-44(40-31-35-42(36-32-40)54(58,59)60)67(65,64(28,51(19,20)21)52(22,23)24)66(62(26,47(7,8)9)48(10,11)12,63(27,49(13,14)15)50(16,17)18)38-43(65)39-29-33-41(34-30-39)53(55,56)57/h29-37,43H,38H2,1-28H3/t43?,65-,67+/m0/s1. The van der Waals surface area contributed by atoms with Crippen molar-refractivity contribution >= 4 is 55.9 Å².